The van der Waals surface area contributed by atoms with Crippen LogP contribution in [0.3, 0.4) is 0 Å². The zero-order chi connectivity index (χ0) is 8.58. The summed E-state index contributed by atoms with van der Waals surface area (Å²) < 4.78 is 46.4. The van der Waals surface area contributed by atoms with Crippen molar-refractivity contribution in [2.45, 2.75) is 18.8 Å². The predicted molar refractivity (Wildman–Crippen MR) is 20.6 cm³/mol. The van der Waals surface area contributed by atoms with Crippen molar-refractivity contribution >= 4 is 5.97 Å². The fourth-order valence-electron chi connectivity index (χ4n) is 0.179. The van der Waals surface area contributed by atoms with Crippen molar-refractivity contribution in [3.8, 4) is 0 Å². The van der Waals surface area contributed by atoms with Gasteiger partial charge in [0.25, 0.3) is 0 Å². The molecule has 0 aromatic carbocycles. The van der Waals surface area contributed by atoms with Gasteiger partial charge in [-0.1, -0.05) is 0 Å². The van der Waals surface area contributed by atoms with Crippen LogP contribution < -0.4 is 56.5 Å². The summed E-state index contributed by atoms with van der Waals surface area (Å²) in [5.74, 6) is -12.7. The van der Waals surface area contributed by atoms with Gasteiger partial charge in [-0.25, -0.2) is 0 Å². The van der Waals surface area contributed by atoms with Crippen LogP contribution in [-0.4, -0.2) is 17.8 Å². The van der Waals surface area contributed by atoms with Gasteiger partial charge in [-0.2, -0.15) is 17.6 Å². The minimum absolute atomic E-state index is 0. The smallest absolute Gasteiger partial charge is 0.544 e. The Balaban J connectivity index is 0. The molecule has 0 spiro atoms. The molecule has 0 amide bonds. The van der Waals surface area contributed by atoms with Crippen LogP contribution in [0.4, 0.5) is 17.6 Å². The second-order valence-corrected chi connectivity index (χ2v) is 1.75. The van der Waals surface area contributed by atoms with Crippen LogP contribution in [0.25, 0.3) is 0 Å². The quantitative estimate of drug-likeness (QED) is 0.351. The number of carbonyl (C=O) groups is 1. The standard InChI is InChI=1S/C4H4F4O2.K/c1-3(5,6)4(7,8)2(9)10;/h1H3,(H,9,10);/q;+1/p-1. The van der Waals surface area contributed by atoms with Gasteiger partial charge in [0.2, 0.25) is 0 Å². The summed E-state index contributed by atoms with van der Waals surface area (Å²) in [5.41, 5.74) is 0. The Morgan fingerprint density at radius 3 is 1.55 bits per heavy atom. The number of carbonyl (C=O) groups excluding carboxylic acids is 1. The number of hydrogen-bond donors (Lipinski definition) is 0. The van der Waals surface area contributed by atoms with E-state index in [0.717, 1.165) is 0 Å². The van der Waals surface area contributed by atoms with Gasteiger partial charge in [0, 0.05) is 6.92 Å². The van der Waals surface area contributed by atoms with Gasteiger partial charge in [0.1, 0.15) is 5.97 Å². The van der Waals surface area contributed by atoms with Crippen molar-refractivity contribution in [1.29, 1.82) is 0 Å². The number of alkyl halides is 4. The first kappa shape index (κ1) is 14.4. The maximum Gasteiger partial charge on any atom is 1.00 e. The minimum Gasteiger partial charge on any atom is -0.544 e. The van der Waals surface area contributed by atoms with Crippen LogP contribution in [-0.2, 0) is 4.79 Å². The number of aliphatic carboxylic acids is 1. The fraction of sp³-hybridized carbons (Fsp3) is 0.750. The average Bonchev–Trinajstić information content (AvgIpc) is 1.62. The zero-order valence-electron chi connectivity index (χ0n) is 5.83. The van der Waals surface area contributed by atoms with Crippen molar-refractivity contribution in [2.75, 3.05) is 0 Å². The van der Waals surface area contributed by atoms with Crippen molar-refractivity contribution in [1.82, 2.24) is 0 Å². The molecule has 0 aliphatic rings. The molecule has 2 nitrogen and oxygen atoms in total. The van der Waals surface area contributed by atoms with Crippen molar-refractivity contribution in [3.63, 3.8) is 0 Å². The van der Waals surface area contributed by atoms with Gasteiger partial charge < -0.3 is 9.90 Å². The molecule has 0 atom stereocenters. The fourth-order valence-corrected chi connectivity index (χ4v) is 0.179. The molecule has 60 valence electrons. The summed E-state index contributed by atoms with van der Waals surface area (Å²) in [6.45, 7) is -0.192. The number of carboxylic acid groups (broad SMARTS) is 1. The van der Waals surface area contributed by atoms with Crippen molar-refractivity contribution in [3.05, 3.63) is 0 Å². The monoisotopic (exact) mass is 198 g/mol. The molecule has 0 heterocycles. The molecule has 0 aliphatic carbocycles. The van der Waals surface area contributed by atoms with Crippen LogP contribution in [0, 0.1) is 0 Å². The third-order valence-electron chi connectivity index (χ3n) is 0.808. The molecule has 0 saturated heterocycles. The van der Waals surface area contributed by atoms with Crippen LogP contribution >= 0.6 is 0 Å². The summed E-state index contributed by atoms with van der Waals surface area (Å²) in [7, 11) is 0. The summed E-state index contributed by atoms with van der Waals surface area (Å²) >= 11 is 0. The number of rotatable bonds is 2. The second kappa shape index (κ2) is 4.17. The molecule has 0 aromatic heterocycles. The van der Waals surface area contributed by atoms with Gasteiger partial charge in [0.05, 0.1) is 0 Å². The molecule has 0 saturated carbocycles. The first-order valence-corrected chi connectivity index (χ1v) is 2.16. The van der Waals surface area contributed by atoms with E-state index in [0.29, 0.717) is 0 Å². The Bertz CT molecular complexity index is 153. The van der Waals surface area contributed by atoms with Crippen molar-refractivity contribution in [2.24, 2.45) is 0 Å². The zero-order valence-corrected chi connectivity index (χ0v) is 8.95. The molecular formula is C4H3F4KO2. The maximum atomic E-state index is 11.6. The Morgan fingerprint density at radius 1 is 1.27 bits per heavy atom. The van der Waals surface area contributed by atoms with Crippen LogP contribution in [0.2, 0.25) is 0 Å². The summed E-state index contributed by atoms with van der Waals surface area (Å²) in [5, 5.41) is 9.33. The van der Waals surface area contributed by atoms with Crippen LogP contribution in [0.5, 0.6) is 0 Å². The van der Waals surface area contributed by atoms with E-state index in [1.54, 1.807) is 0 Å². The third-order valence-corrected chi connectivity index (χ3v) is 0.808. The maximum absolute atomic E-state index is 11.6. The molecule has 0 radical (unpaired) electrons. The third kappa shape index (κ3) is 3.37. The molecule has 0 aliphatic heterocycles. The van der Waals surface area contributed by atoms with E-state index >= 15 is 0 Å². The molecule has 0 unspecified atom stereocenters. The van der Waals surface area contributed by atoms with E-state index in [2.05, 4.69) is 0 Å². The van der Waals surface area contributed by atoms with E-state index in [9.17, 15) is 27.5 Å². The van der Waals surface area contributed by atoms with Gasteiger partial charge >= 0.3 is 63.2 Å². The molecule has 7 heteroatoms. The molecular weight excluding hydrogens is 195 g/mol. The Morgan fingerprint density at radius 2 is 1.55 bits per heavy atom. The van der Waals surface area contributed by atoms with E-state index in [-0.39, 0.29) is 58.3 Å². The normalized spacial score (nSPS) is 12.1. The molecule has 0 N–H and O–H groups in total. The summed E-state index contributed by atoms with van der Waals surface area (Å²) in [6, 6.07) is 0. The SMILES string of the molecule is CC(F)(F)C(F)(F)C(=O)[O-].[K+]. The van der Waals surface area contributed by atoms with Crippen molar-refractivity contribution < 1.29 is 78.8 Å². The number of hydrogen-bond acceptors (Lipinski definition) is 2. The number of carboxylic acids is 1. The Hall–Kier alpha value is 0.826. The van der Waals surface area contributed by atoms with Crippen LogP contribution in [0.15, 0.2) is 0 Å². The number of halogens is 4. The average molecular weight is 198 g/mol. The van der Waals surface area contributed by atoms with Gasteiger partial charge in [-0.15, -0.1) is 0 Å². The van der Waals surface area contributed by atoms with Gasteiger partial charge in [0.15, 0.2) is 0 Å². The topological polar surface area (TPSA) is 40.1 Å². The predicted octanol–water partition coefficient (Wildman–Crippen LogP) is -2.97. The first-order chi connectivity index (χ1) is 4.19. The minimum atomic E-state index is -5.09. The molecule has 0 bridgehead atoms. The van der Waals surface area contributed by atoms with Crippen LogP contribution in [0.1, 0.15) is 6.92 Å². The second-order valence-electron chi connectivity index (χ2n) is 1.75. The van der Waals surface area contributed by atoms with Gasteiger partial charge in [-0.3, -0.25) is 0 Å². The molecule has 0 aromatic rings. The Labute approximate surface area is 102 Å². The summed E-state index contributed by atoms with van der Waals surface area (Å²) in [4.78, 5) is 9.33. The molecule has 11 heavy (non-hydrogen) atoms. The van der Waals surface area contributed by atoms with E-state index < -0.39 is 17.8 Å². The molecule has 0 rings (SSSR count). The first-order valence-electron chi connectivity index (χ1n) is 2.16. The Kier molecular flexibility index (Phi) is 5.45. The summed E-state index contributed by atoms with van der Waals surface area (Å²) in [6.07, 6.45) is 0. The van der Waals surface area contributed by atoms with E-state index in [4.69, 9.17) is 0 Å². The van der Waals surface area contributed by atoms with E-state index in [1.807, 2.05) is 0 Å². The largest absolute Gasteiger partial charge is 1.00 e. The van der Waals surface area contributed by atoms with Gasteiger partial charge in [-0.05, 0) is 0 Å². The molecule has 0 fully saturated rings. The van der Waals surface area contributed by atoms with E-state index in [1.165, 1.54) is 0 Å².